The maximum Gasteiger partial charge on any atom is 0.202 e. The van der Waals surface area contributed by atoms with E-state index in [9.17, 15) is 45.0 Å². The summed E-state index contributed by atoms with van der Waals surface area (Å²) in [6.07, 6.45) is 0. The van der Waals surface area contributed by atoms with Crippen LogP contribution in [0.25, 0.3) is 0 Å². The molecule has 6 aromatic carbocycles. The fourth-order valence-corrected chi connectivity index (χ4v) is 8.21. The molecule has 0 amide bonds. The zero-order chi connectivity index (χ0) is 53.6. The third-order valence-corrected chi connectivity index (χ3v) is 12.2. The maximum absolute atomic E-state index is 13.0. The highest BCUT2D eigenvalue weighted by Gasteiger charge is 2.26. The molecule has 0 aliphatic carbocycles. The van der Waals surface area contributed by atoms with Crippen molar-refractivity contribution in [3.8, 4) is 34.5 Å². The lowest BCUT2D eigenvalue weighted by Gasteiger charge is -2.28. The van der Waals surface area contributed by atoms with E-state index in [0.717, 1.165) is 35.8 Å². The van der Waals surface area contributed by atoms with Crippen LogP contribution in [0.3, 0.4) is 0 Å². The van der Waals surface area contributed by atoms with Crippen molar-refractivity contribution >= 4 is 51.5 Å². The fourth-order valence-electron chi connectivity index (χ4n) is 8.21. The standard InChI is InChI=1S/3C19H24N2O3/c1-5-21(6-2)15-11-13(20(3)4)12-17(23)18(15)19(24)14-9-7-8-10-16(14)22;1-5-21(6-2)16-11-14(18(23)12-15(16)20(3)4)19(24)13-9-7-8-10-17(13)22;1-5-21(6-2)17-15(20(3)4)12-11-14(19(17)24)18(23)13-9-7-8-10-16(13)22/h2*7-12,22-23H,5-6H2,1-4H3;7-12,22,24H,5-6H2,1-4H3. The Bertz CT molecular complexity index is 2750. The summed E-state index contributed by atoms with van der Waals surface area (Å²) in [4.78, 5) is 50.3. The summed E-state index contributed by atoms with van der Waals surface area (Å²) >= 11 is 0. The van der Waals surface area contributed by atoms with E-state index in [-0.39, 0.29) is 67.9 Å². The first-order valence-corrected chi connectivity index (χ1v) is 24.1. The van der Waals surface area contributed by atoms with Crippen molar-refractivity contribution in [3.05, 3.63) is 143 Å². The highest BCUT2D eigenvalue weighted by atomic mass is 16.3. The minimum absolute atomic E-state index is 0.0573. The van der Waals surface area contributed by atoms with Crippen molar-refractivity contribution in [3.63, 3.8) is 0 Å². The predicted octanol–water partition coefficient (Wildman–Crippen LogP) is 9.72. The number of para-hydroxylation sites is 3. The van der Waals surface area contributed by atoms with Crippen LogP contribution in [0.4, 0.5) is 34.1 Å². The molecule has 0 aromatic heterocycles. The van der Waals surface area contributed by atoms with Crippen LogP contribution in [0, 0.1) is 0 Å². The zero-order valence-corrected chi connectivity index (χ0v) is 43.7. The third kappa shape index (κ3) is 12.8. The molecule has 0 fully saturated rings. The Morgan fingerprint density at radius 1 is 0.361 bits per heavy atom. The number of phenolic OH excluding ortho intramolecular Hbond substituents is 6. The number of rotatable bonds is 18. The van der Waals surface area contributed by atoms with E-state index in [2.05, 4.69) is 4.90 Å². The largest absolute Gasteiger partial charge is 0.507 e. The summed E-state index contributed by atoms with van der Waals surface area (Å²) in [6, 6.07) is 29.3. The lowest BCUT2D eigenvalue weighted by molar-refractivity contribution is 0.102. The number of hydrogen-bond donors (Lipinski definition) is 6. The van der Waals surface area contributed by atoms with Crippen molar-refractivity contribution in [2.75, 3.05) is 111 Å². The van der Waals surface area contributed by atoms with Crippen LogP contribution in [0.15, 0.2) is 109 Å². The van der Waals surface area contributed by atoms with E-state index in [4.69, 9.17) is 0 Å². The molecule has 6 rings (SSSR count). The van der Waals surface area contributed by atoms with Gasteiger partial charge in [0, 0.05) is 99.4 Å². The van der Waals surface area contributed by atoms with Crippen LogP contribution in [-0.4, -0.2) is 130 Å². The Labute approximate surface area is 424 Å². The minimum atomic E-state index is -0.399. The number of anilines is 6. The van der Waals surface area contributed by atoms with E-state index in [1.165, 1.54) is 18.2 Å². The average molecular weight is 985 g/mol. The summed E-state index contributed by atoms with van der Waals surface area (Å²) in [5.41, 5.74) is 5.77. The third-order valence-electron chi connectivity index (χ3n) is 12.2. The Hall–Kier alpha value is -8.07. The molecule has 0 spiro atoms. The van der Waals surface area contributed by atoms with Crippen molar-refractivity contribution in [2.45, 2.75) is 41.5 Å². The molecule has 6 aromatic rings. The molecule has 0 aliphatic heterocycles. The summed E-state index contributed by atoms with van der Waals surface area (Å²) in [7, 11) is 11.3. The molecule has 0 saturated heterocycles. The Kier molecular flexibility index (Phi) is 20.2. The van der Waals surface area contributed by atoms with Gasteiger partial charge >= 0.3 is 0 Å². The van der Waals surface area contributed by atoms with Crippen LogP contribution in [0.5, 0.6) is 34.5 Å². The van der Waals surface area contributed by atoms with E-state index >= 15 is 0 Å². The molecular weight excluding hydrogens is 913 g/mol. The molecule has 6 N–H and O–H groups in total. The smallest absolute Gasteiger partial charge is 0.202 e. The summed E-state index contributed by atoms with van der Waals surface area (Å²) in [5.74, 6) is -1.71. The van der Waals surface area contributed by atoms with Crippen molar-refractivity contribution in [1.82, 2.24) is 0 Å². The highest BCUT2D eigenvalue weighted by molar-refractivity contribution is 6.16. The van der Waals surface area contributed by atoms with E-state index in [1.807, 2.05) is 120 Å². The average Bonchev–Trinajstić information content (AvgIpc) is 3.35. The first kappa shape index (κ1) is 56.5. The van der Waals surface area contributed by atoms with Gasteiger partial charge < -0.3 is 60.0 Å². The number of nitrogens with zero attached hydrogens (tertiary/aromatic N) is 6. The number of benzene rings is 6. The van der Waals surface area contributed by atoms with Gasteiger partial charge in [0.2, 0.25) is 17.3 Å². The van der Waals surface area contributed by atoms with Crippen LogP contribution < -0.4 is 29.4 Å². The molecule has 0 heterocycles. The Balaban J connectivity index is 0.000000234. The molecule has 0 atom stereocenters. The van der Waals surface area contributed by atoms with E-state index < -0.39 is 17.3 Å². The maximum atomic E-state index is 13.0. The van der Waals surface area contributed by atoms with Crippen LogP contribution in [0.2, 0.25) is 0 Å². The number of phenols is 6. The lowest BCUT2D eigenvalue weighted by Crippen LogP contribution is -2.25. The van der Waals surface area contributed by atoms with Gasteiger partial charge in [-0.05, 0) is 102 Å². The molecule has 0 bridgehead atoms. The number of hydrogen-bond acceptors (Lipinski definition) is 15. The zero-order valence-electron chi connectivity index (χ0n) is 43.7. The number of carbonyl (C=O) groups is 3. The molecule has 0 unspecified atom stereocenters. The first-order chi connectivity index (χ1) is 34.2. The second-order valence-electron chi connectivity index (χ2n) is 17.3. The first-order valence-electron chi connectivity index (χ1n) is 24.1. The molecule has 0 radical (unpaired) electrons. The van der Waals surface area contributed by atoms with Crippen molar-refractivity contribution in [1.29, 1.82) is 0 Å². The molecule has 0 aliphatic rings. The Morgan fingerprint density at radius 3 is 1.19 bits per heavy atom. The summed E-state index contributed by atoms with van der Waals surface area (Å²) in [6.45, 7) is 16.5. The van der Waals surface area contributed by atoms with Gasteiger partial charge in [0.05, 0.1) is 56.1 Å². The monoisotopic (exact) mass is 985 g/mol. The SMILES string of the molecule is CCN(CC)c1c(N(C)C)ccc(C(=O)c2ccccc2O)c1O.CCN(CC)c1cc(C(=O)c2ccccc2O)c(O)cc1N(C)C.CCN(CC)c1cc(N(C)C)cc(O)c1C(=O)c1ccccc1O. The van der Waals surface area contributed by atoms with Crippen molar-refractivity contribution < 1.29 is 45.0 Å². The van der Waals surface area contributed by atoms with Gasteiger partial charge in [0.25, 0.3) is 0 Å². The second-order valence-corrected chi connectivity index (χ2v) is 17.3. The highest BCUT2D eigenvalue weighted by Crippen LogP contribution is 2.42. The number of carbonyl (C=O) groups excluding carboxylic acids is 3. The fraction of sp³-hybridized carbons (Fsp3) is 0.316. The van der Waals surface area contributed by atoms with Gasteiger partial charge in [0.1, 0.15) is 34.4 Å². The predicted molar refractivity (Wildman–Crippen MR) is 293 cm³/mol. The van der Waals surface area contributed by atoms with Crippen LogP contribution in [0.1, 0.15) is 89.3 Å². The van der Waals surface area contributed by atoms with Gasteiger partial charge in [-0.3, -0.25) is 14.4 Å². The molecule has 72 heavy (non-hydrogen) atoms. The van der Waals surface area contributed by atoms with Gasteiger partial charge in [-0.15, -0.1) is 0 Å². The van der Waals surface area contributed by atoms with Crippen LogP contribution in [-0.2, 0) is 0 Å². The van der Waals surface area contributed by atoms with E-state index in [1.54, 1.807) is 78.9 Å². The Morgan fingerprint density at radius 2 is 0.778 bits per heavy atom. The molecule has 0 saturated carbocycles. The van der Waals surface area contributed by atoms with E-state index in [0.29, 0.717) is 37.6 Å². The number of ketones is 3. The summed E-state index contributed by atoms with van der Waals surface area (Å²) in [5, 5.41) is 61.5. The normalized spacial score (nSPS) is 10.5. The molecule has 384 valence electrons. The van der Waals surface area contributed by atoms with Crippen LogP contribution >= 0.6 is 0 Å². The lowest BCUT2D eigenvalue weighted by atomic mass is 9.98. The van der Waals surface area contributed by atoms with Crippen molar-refractivity contribution in [2.24, 2.45) is 0 Å². The number of aromatic hydroxyl groups is 6. The topological polar surface area (TPSA) is 192 Å². The minimum Gasteiger partial charge on any atom is -0.507 e. The van der Waals surface area contributed by atoms with Gasteiger partial charge in [0.15, 0.2) is 5.75 Å². The quantitative estimate of drug-likeness (QED) is 0.0446. The molecule has 15 nitrogen and oxygen atoms in total. The van der Waals surface area contributed by atoms with Gasteiger partial charge in [-0.25, -0.2) is 0 Å². The second kappa shape index (κ2) is 25.7. The molecular formula is C57H72N6O9. The molecule has 15 heteroatoms. The summed E-state index contributed by atoms with van der Waals surface area (Å²) < 4.78 is 0. The van der Waals surface area contributed by atoms with Gasteiger partial charge in [-0.1, -0.05) is 36.4 Å². The van der Waals surface area contributed by atoms with Gasteiger partial charge in [-0.2, -0.15) is 0 Å².